The highest BCUT2D eigenvalue weighted by Gasteiger charge is 2.12. The normalized spacial score (nSPS) is 11.6. The highest BCUT2D eigenvalue weighted by Crippen LogP contribution is 2.24. The minimum Gasteiger partial charge on any atom is -0.489 e. The molecule has 1 aromatic heterocycles. The Kier molecular flexibility index (Phi) is 9.97. The molecule has 0 radical (unpaired) electrons. The maximum atomic E-state index is 6.13. The third kappa shape index (κ3) is 8.50. The molecule has 0 bridgehead atoms. The SMILES string of the molecule is CCOC(C)(C)C#CC=CCN(CC)Cc1cccc(OCc2cccc(-c3ccsc3)c2)c1. The number of ether oxygens (including phenoxy) is 2. The fourth-order valence-corrected chi connectivity index (χ4v) is 4.27. The van der Waals surface area contributed by atoms with E-state index >= 15 is 0 Å². The van der Waals surface area contributed by atoms with Crippen LogP contribution in [-0.2, 0) is 17.9 Å². The van der Waals surface area contributed by atoms with Crippen LogP contribution in [0.1, 0.15) is 38.8 Å². The van der Waals surface area contributed by atoms with Crippen molar-refractivity contribution in [3.63, 3.8) is 0 Å². The van der Waals surface area contributed by atoms with Gasteiger partial charge in [0.2, 0.25) is 0 Å². The molecule has 0 aliphatic rings. The zero-order chi connectivity index (χ0) is 24.2. The molecule has 0 saturated heterocycles. The maximum absolute atomic E-state index is 6.13. The van der Waals surface area contributed by atoms with E-state index < -0.39 is 5.60 Å². The molecule has 0 saturated carbocycles. The van der Waals surface area contributed by atoms with Gasteiger partial charge in [0.25, 0.3) is 0 Å². The molecular weight excluding hydrogens is 438 g/mol. The summed E-state index contributed by atoms with van der Waals surface area (Å²) in [6, 6.07) is 19.1. The molecule has 34 heavy (non-hydrogen) atoms. The van der Waals surface area contributed by atoms with Crippen LogP contribution in [0.4, 0.5) is 0 Å². The molecule has 0 fully saturated rings. The molecule has 3 aromatic rings. The summed E-state index contributed by atoms with van der Waals surface area (Å²) in [6.45, 7) is 12.0. The van der Waals surface area contributed by atoms with Crippen LogP contribution in [0.3, 0.4) is 0 Å². The van der Waals surface area contributed by atoms with Gasteiger partial charge < -0.3 is 9.47 Å². The second kappa shape index (κ2) is 13.2. The van der Waals surface area contributed by atoms with Crippen molar-refractivity contribution < 1.29 is 9.47 Å². The van der Waals surface area contributed by atoms with E-state index in [0.717, 1.165) is 25.4 Å². The molecular formula is C30H35NO2S. The molecule has 0 aliphatic heterocycles. The van der Waals surface area contributed by atoms with Crippen molar-refractivity contribution in [1.29, 1.82) is 0 Å². The lowest BCUT2D eigenvalue weighted by Gasteiger charge is -2.19. The van der Waals surface area contributed by atoms with Crippen molar-refractivity contribution in [2.24, 2.45) is 0 Å². The molecule has 2 aromatic carbocycles. The van der Waals surface area contributed by atoms with Gasteiger partial charge in [-0.2, -0.15) is 11.3 Å². The van der Waals surface area contributed by atoms with Crippen LogP contribution in [0.15, 0.2) is 77.5 Å². The van der Waals surface area contributed by atoms with E-state index in [4.69, 9.17) is 9.47 Å². The Morgan fingerprint density at radius 1 is 1.00 bits per heavy atom. The fraction of sp³-hybridized carbons (Fsp3) is 0.333. The molecule has 0 amide bonds. The summed E-state index contributed by atoms with van der Waals surface area (Å²) in [5.74, 6) is 7.16. The average Bonchev–Trinajstić information content (AvgIpc) is 3.37. The lowest BCUT2D eigenvalue weighted by molar-refractivity contribution is 0.0362. The number of thiophene rings is 1. The van der Waals surface area contributed by atoms with E-state index in [1.807, 2.05) is 32.9 Å². The maximum Gasteiger partial charge on any atom is 0.123 e. The quantitative estimate of drug-likeness (QED) is 0.275. The summed E-state index contributed by atoms with van der Waals surface area (Å²) in [4.78, 5) is 2.37. The molecule has 0 unspecified atom stereocenters. The summed E-state index contributed by atoms with van der Waals surface area (Å²) in [5.41, 5.74) is 4.49. The molecule has 4 heteroatoms. The molecule has 0 aliphatic carbocycles. The summed E-state index contributed by atoms with van der Waals surface area (Å²) in [7, 11) is 0. The third-order valence-electron chi connectivity index (χ3n) is 5.38. The standard InChI is InChI=1S/C30H35NO2S/c1-5-31(18-9-7-8-17-30(3,4)33-6-2)22-25-12-11-15-29(21-25)32-23-26-13-10-14-27(20-26)28-16-19-34-24-28/h7,9-16,19-21,24H,5-6,18,22-23H2,1-4H3. The highest BCUT2D eigenvalue weighted by atomic mass is 32.1. The minimum absolute atomic E-state index is 0.408. The number of hydrogen-bond donors (Lipinski definition) is 0. The number of allylic oxidation sites excluding steroid dienone is 1. The van der Waals surface area contributed by atoms with Crippen LogP contribution >= 0.6 is 11.3 Å². The number of likely N-dealkylation sites (N-methyl/N-ethyl adjacent to an activating group) is 1. The first kappa shape index (κ1) is 25.8. The van der Waals surface area contributed by atoms with Gasteiger partial charge in [0, 0.05) is 19.7 Å². The summed E-state index contributed by atoms with van der Waals surface area (Å²) >= 11 is 1.72. The van der Waals surface area contributed by atoms with Crippen LogP contribution < -0.4 is 4.74 Å². The summed E-state index contributed by atoms with van der Waals surface area (Å²) in [5, 5.41) is 4.28. The van der Waals surface area contributed by atoms with Gasteiger partial charge in [0.15, 0.2) is 0 Å². The third-order valence-corrected chi connectivity index (χ3v) is 6.07. The van der Waals surface area contributed by atoms with E-state index in [2.05, 4.69) is 89.0 Å². The van der Waals surface area contributed by atoms with Crippen molar-refractivity contribution in [3.8, 4) is 28.7 Å². The van der Waals surface area contributed by atoms with Gasteiger partial charge in [-0.1, -0.05) is 55.2 Å². The molecule has 0 N–H and O–H groups in total. The topological polar surface area (TPSA) is 21.7 Å². The molecule has 0 atom stereocenters. The van der Waals surface area contributed by atoms with E-state index in [0.29, 0.717) is 13.2 Å². The van der Waals surface area contributed by atoms with Crippen LogP contribution in [-0.4, -0.2) is 30.2 Å². The van der Waals surface area contributed by atoms with Crippen molar-refractivity contribution >= 4 is 11.3 Å². The van der Waals surface area contributed by atoms with Crippen LogP contribution in [0, 0.1) is 11.8 Å². The molecule has 178 valence electrons. The fourth-order valence-electron chi connectivity index (χ4n) is 3.61. The van der Waals surface area contributed by atoms with Gasteiger partial charge in [-0.05, 0) is 90.7 Å². The Labute approximate surface area is 209 Å². The van der Waals surface area contributed by atoms with Crippen LogP contribution in [0.2, 0.25) is 0 Å². The van der Waals surface area contributed by atoms with Crippen molar-refractivity contribution in [2.75, 3.05) is 19.7 Å². The Hall–Kier alpha value is -2.84. The lowest BCUT2D eigenvalue weighted by atomic mass is 10.1. The molecule has 0 spiro atoms. The predicted molar refractivity (Wildman–Crippen MR) is 144 cm³/mol. The lowest BCUT2D eigenvalue weighted by Crippen LogP contribution is -2.23. The Bertz CT molecular complexity index is 1110. The molecule has 3 nitrogen and oxygen atoms in total. The first-order chi connectivity index (χ1) is 16.5. The Morgan fingerprint density at radius 3 is 2.59 bits per heavy atom. The van der Waals surface area contributed by atoms with E-state index in [1.54, 1.807) is 11.3 Å². The van der Waals surface area contributed by atoms with Crippen LogP contribution in [0.5, 0.6) is 5.75 Å². The van der Waals surface area contributed by atoms with Gasteiger partial charge in [0.1, 0.15) is 18.0 Å². The summed E-state index contributed by atoms with van der Waals surface area (Å²) < 4.78 is 11.7. The van der Waals surface area contributed by atoms with Crippen LogP contribution in [0.25, 0.3) is 11.1 Å². The Balaban J connectivity index is 1.54. The number of benzene rings is 2. The molecule has 1 heterocycles. The second-order valence-corrected chi connectivity index (χ2v) is 9.37. The van der Waals surface area contributed by atoms with Crippen molar-refractivity contribution in [3.05, 3.63) is 88.6 Å². The monoisotopic (exact) mass is 473 g/mol. The van der Waals surface area contributed by atoms with E-state index in [-0.39, 0.29) is 0 Å². The smallest absolute Gasteiger partial charge is 0.123 e. The number of nitrogens with zero attached hydrogens (tertiary/aromatic N) is 1. The second-order valence-electron chi connectivity index (χ2n) is 8.59. The van der Waals surface area contributed by atoms with Gasteiger partial charge in [-0.3, -0.25) is 4.90 Å². The number of rotatable bonds is 11. The zero-order valence-electron chi connectivity index (χ0n) is 20.7. The van der Waals surface area contributed by atoms with E-state index in [1.165, 1.54) is 22.3 Å². The largest absolute Gasteiger partial charge is 0.489 e. The van der Waals surface area contributed by atoms with Gasteiger partial charge >= 0.3 is 0 Å². The number of hydrogen-bond acceptors (Lipinski definition) is 4. The van der Waals surface area contributed by atoms with Gasteiger partial charge in [-0.25, -0.2) is 0 Å². The van der Waals surface area contributed by atoms with Gasteiger partial charge in [0.05, 0.1) is 0 Å². The molecule has 3 rings (SSSR count). The first-order valence-electron chi connectivity index (χ1n) is 11.9. The van der Waals surface area contributed by atoms with Crippen molar-refractivity contribution in [2.45, 2.75) is 46.4 Å². The average molecular weight is 474 g/mol. The highest BCUT2D eigenvalue weighted by molar-refractivity contribution is 7.08. The first-order valence-corrected chi connectivity index (χ1v) is 12.8. The predicted octanol–water partition coefficient (Wildman–Crippen LogP) is 7.19. The minimum atomic E-state index is -0.408. The van der Waals surface area contributed by atoms with E-state index in [9.17, 15) is 0 Å². The zero-order valence-corrected chi connectivity index (χ0v) is 21.5. The van der Waals surface area contributed by atoms with Crippen molar-refractivity contribution in [1.82, 2.24) is 4.90 Å². The Morgan fingerprint density at radius 2 is 1.82 bits per heavy atom. The summed E-state index contributed by atoms with van der Waals surface area (Å²) in [6.07, 6.45) is 4.03. The van der Waals surface area contributed by atoms with Gasteiger partial charge in [-0.15, -0.1) is 0 Å².